The number of halogens is 3. The van der Waals surface area contributed by atoms with Crippen LogP contribution in [0.5, 0.6) is 5.75 Å². The number of aliphatic hydroxyl groups is 1. The van der Waals surface area contributed by atoms with Crippen LogP contribution in [0.15, 0.2) is 42.6 Å². The minimum Gasteiger partial charge on any atom is -0.489 e. The quantitative estimate of drug-likeness (QED) is 0.709. The topological polar surface area (TPSA) is 42.4 Å². The maximum Gasteiger partial charge on any atom is 0.194 e. The largest absolute Gasteiger partial charge is 0.489 e. The van der Waals surface area contributed by atoms with Crippen molar-refractivity contribution in [2.24, 2.45) is 0 Å². The van der Waals surface area contributed by atoms with E-state index in [0.29, 0.717) is 16.8 Å². The third-order valence-electron chi connectivity index (χ3n) is 3.81. The Labute approximate surface area is 142 Å². The van der Waals surface area contributed by atoms with Crippen molar-refractivity contribution in [2.45, 2.75) is 26.1 Å². The van der Waals surface area contributed by atoms with Crippen LogP contribution in [0.25, 0.3) is 10.9 Å². The molecule has 130 valence electrons. The van der Waals surface area contributed by atoms with Crippen LogP contribution in [-0.4, -0.2) is 10.1 Å². The zero-order valence-electron chi connectivity index (χ0n) is 13.7. The third-order valence-corrected chi connectivity index (χ3v) is 3.81. The normalized spacial score (nSPS) is 11.8. The fourth-order valence-corrected chi connectivity index (χ4v) is 2.38. The number of rotatable bonds is 4. The Bertz CT molecular complexity index is 913. The van der Waals surface area contributed by atoms with Crippen LogP contribution in [0.1, 0.15) is 25.0 Å². The van der Waals surface area contributed by atoms with E-state index in [9.17, 15) is 18.3 Å². The summed E-state index contributed by atoms with van der Waals surface area (Å²) in [6, 6.07) is 8.77. The summed E-state index contributed by atoms with van der Waals surface area (Å²) in [7, 11) is 0. The molecule has 0 saturated heterocycles. The summed E-state index contributed by atoms with van der Waals surface area (Å²) in [5, 5.41) is 10.8. The summed E-state index contributed by atoms with van der Waals surface area (Å²) >= 11 is 0. The summed E-state index contributed by atoms with van der Waals surface area (Å²) in [4.78, 5) is 4.29. The average molecular weight is 347 g/mol. The van der Waals surface area contributed by atoms with Gasteiger partial charge in [0.05, 0.1) is 11.1 Å². The molecule has 0 spiro atoms. The molecule has 3 rings (SSSR count). The van der Waals surface area contributed by atoms with Gasteiger partial charge in [-0.15, -0.1) is 0 Å². The van der Waals surface area contributed by atoms with E-state index >= 15 is 0 Å². The van der Waals surface area contributed by atoms with Gasteiger partial charge in [-0.25, -0.2) is 13.2 Å². The lowest BCUT2D eigenvalue weighted by Crippen LogP contribution is -2.15. The molecule has 0 atom stereocenters. The second-order valence-electron chi connectivity index (χ2n) is 6.30. The molecular weight excluding hydrogens is 331 g/mol. The maximum atomic E-state index is 13.2. The first-order valence-corrected chi connectivity index (χ1v) is 7.63. The molecule has 1 heterocycles. The van der Waals surface area contributed by atoms with Crippen molar-refractivity contribution in [3.63, 3.8) is 0 Å². The van der Waals surface area contributed by atoms with E-state index in [1.165, 1.54) is 0 Å². The summed E-state index contributed by atoms with van der Waals surface area (Å²) < 4.78 is 44.9. The molecule has 0 unspecified atom stereocenters. The lowest BCUT2D eigenvalue weighted by atomic mass is 9.99. The van der Waals surface area contributed by atoms with Crippen molar-refractivity contribution in [1.82, 2.24) is 4.98 Å². The standard InChI is InChI=1S/C19H16F3NO2/c1-19(2,24)13-7-12-3-4-14(8-17(12)23-9-13)25-10-11-5-15(20)18(22)16(21)6-11/h3-9,24H,10H2,1-2H3. The van der Waals surface area contributed by atoms with Gasteiger partial charge in [0, 0.05) is 23.2 Å². The second kappa shape index (κ2) is 6.37. The molecule has 0 saturated carbocycles. The van der Waals surface area contributed by atoms with Gasteiger partial charge in [-0.2, -0.15) is 0 Å². The Balaban J connectivity index is 1.81. The molecule has 3 aromatic rings. The maximum absolute atomic E-state index is 13.2. The number of aromatic nitrogens is 1. The molecule has 0 aliphatic carbocycles. The van der Waals surface area contributed by atoms with E-state index in [1.54, 1.807) is 38.2 Å². The molecule has 6 heteroatoms. The van der Waals surface area contributed by atoms with Crippen molar-refractivity contribution < 1.29 is 23.0 Å². The highest BCUT2D eigenvalue weighted by atomic mass is 19.2. The average Bonchev–Trinajstić information content (AvgIpc) is 2.56. The van der Waals surface area contributed by atoms with Crippen LogP contribution in [0, 0.1) is 17.5 Å². The minimum absolute atomic E-state index is 0.110. The Morgan fingerprint density at radius 1 is 1.04 bits per heavy atom. The highest BCUT2D eigenvalue weighted by Crippen LogP contribution is 2.25. The van der Waals surface area contributed by atoms with Crippen molar-refractivity contribution in [2.75, 3.05) is 0 Å². The number of ether oxygens (including phenoxy) is 1. The molecule has 0 fully saturated rings. The van der Waals surface area contributed by atoms with Crippen molar-refractivity contribution in [3.8, 4) is 5.75 Å². The van der Waals surface area contributed by atoms with Gasteiger partial charge < -0.3 is 9.84 Å². The Kier molecular flexibility index (Phi) is 4.39. The molecule has 0 bridgehead atoms. The molecule has 1 aromatic heterocycles. The van der Waals surface area contributed by atoms with Crippen molar-refractivity contribution in [1.29, 1.82) is 0 Å². The van der Waals surface area contributed by atoms with Crippen molar-refractivity contribution in [3.05, 3.63) is 71.2 Å². The molecule has 0 aliphatic rings. The van der Waals surface area contributed by atoms with Gasteiger partial charge in [-0.3, -0.25) is 4.98 Å². The molecule has 3 nitrogen and oxygen atoms in total. The van der Waals surface area contributed by atoms with E-state index in [2.05, 4.69) is 4.98 Å². The monoisotopic (exact) mass is 347 g/mol. The van der Waals surface area contributed by atoms with Crippen LogP contribution in [0.3, 0.4) is 0 Å². The zero-order chi connectivity index (χ0) is 18.2. The van der Waals surface area contributed by atoms with Gasteiger partial charge in [0.25, 0.3) is 0 Å². The van der Waals surface area contributed by atoms with Gasteiger partial charge in [0.2, 0.25) is 0 Å². The van der Waals surface area contributed by atoms with Gasteiger partial charge in [0.1, 0.15) is 12.4 Å². The SMILES string of the molecule is CC(C)(O)c1cnc2cc(OCc3cc(F)c(F)c(F)c3)ccc2c1. The van der Waals surface area contributed by atoms with Gasteiger partial charge in [0.15, 0.2) is 17.5 Å². The van der Waals surface area contributed by atoms with Crippen LogP contribution in [0.4, 0.5) is 13.2 Å². The highest BCUT2D eigenvalue weighted by molar-refractivity contribution is 5.80. The number of benzene rings is 2. The molecule has 0 aliphatic heterocycles. The van der Waals surface area contributed by atoms with E-state index in [1.807, 2.05) is 6.07 Å². The molecule has 0 amide bonds. The Hall–Kier alpha value is -2.60. The minimum atomic E-state index is -1.50. The summed E-state index contributed by atoms with van der Waals surface area (Å²) in [6.07, 6.45) is 1.58. The van der Waals surface area contributed by atoms with E-state index in [-0.39, 0.29) is 12.2 Å². The van der Waals surface area contributed by atoms with Gasteiger partial charge in [-0.05, 0) is 49.7 Å². The van der Waals surface area contributed by atoms with Crippen molar-refractivity contribution >= 4 is 10.9 Å². The second-order valence-corrected chi connectivity index (χ2v) is 6.30. The zero-order valence-corrected chi connectivity index (χ0v) is 13.7. The predicted molar refractivity (Wildman–Crippen MR) is 87.6 cm³/mol. The Morgan fingerprint density at radius 2 is 1.72 bits per heavy atom. The lowest BCUT2D eigenvalue weighted by molar-refractivity contribution is 0.0784. The van der Waals surface area contributed by atoms with Gasteiger partial charge in [-0.1, -0.05) is 0 Å². The van der Waals surface area contributed by atoms with Crippen LogP contribution < -0.4 is 4.74 Å². The van der Waals surface area contributed by atoms with E-state index in [4.69, 9.17) is 4.74 Å². The lowest BCUT2D eigenvalue weighted by Gasteiger charge is -2.17. The van der Waals surface area contributed by atoms with Crippen LogP contribution >= 0.6 is 0 Å². The fourth-order valence-electron chi connectivity index (χ4n) is 2.38. The fraction of sp³-hybridized carbons (Fsp3) is 0.211. The molecule has 1 N–H and O–H groups in total. The first-order chi connectivity index (χ1) is 11.7. The van der Waals surface area contributed by atoms with E-state index < -0.39 is 23.1 Å². The van der Waals surface area contributed by atoms with Crippen LogP contribution in [-0.2, 0) is 12.2 Å². The predicted octanol–water partition coefficient (Wildman–Crippen LogP) is 4.46. The summed E-state index contributed by atoms with van der Waals surface area (Å²) in [5.74, 6) is -3.54. The molecule has 25 heavy (non-hydrogen) atoms. The van der Waals surface area contributed by atoms with Gasteiger partial charge >= 0.3 is 0 Å². The van der Waals surface area contributed by atoms with E-state index in [0.717, 1.165) is 17.5 Å². The third kappa shape index (κ3) is 3.74. The Morgan fingerprint density at radius 3 is 2.36 bits per heavy atom. The number of hydrogen-bond acceptors (Lipinski definition) is 3. The number of fused-ring (bicyclic) bond motifs is 1. The first-order valence-electron chi connectivity index (χ1n) is 7.63. The van der Waals surface area contributed by atoms with Crippen LogP contribution in [0.2, 0.25) is 0 Å². The molecule has 2 aromatic carbocycles. The smallest absolute Gasteiger partial charge is 0.194 e. The molecule has 0 radical (unpaired) electrons. The highest BCUT2D eigenvalue weighted by Gasteiger charge is 2.17. The first kappa shape index (κ1) is 17.2. The summed E-state index contributed by atoms with van der Waals surface area (Å²) in [5.41, 5.74) is 0.530. The number of hydrogen-bond donors (Lipinski definition) is 1. The number of nitrogens with zero attached hydrogens (tertiary/aromatic N) is 1. The summed E-state index contributed by atoms with van der Waals surface area (Å²) in [6.45, 7) is 3.24. The molecular formula is C19H16F3NO2. The number of pyridine rings is 1.